The zero-order chi connectivity index (χ0) is 13.1. The van der Waals surface area contributed by atoms with Gasteiger partial charge >= 0.3 is 0 Å². The van der Waals surface area contributed by atoms with Gasteiger partial charge in [0.05, 0.1) is 5.56 Å². The van der Waals surface area contributed by atoms with Gasteiger partial charge < -0.3 is 10.6 Å². The van der Waals surface area contributed by atoms with Crippen molar-refractivity contribution in [2.45, 2.75) is 38.6 Å². The molecule has 0 heterocycles. The predicted octanol–water partition coefficient (Wildman–Crippen LogP) is 2.81. The normalized spacial score (nSPS) is 15.9. The second-order valence-corrected chi connectivity index (χ2v) is 4.76. The van der Waals surface area contributed by atoms with Crippen LogP contribution in [0, 0.1) is 5.82 Å². The number of halogens is 1. The van der Waals surface area contributed by atoms with E-state index in [2.05, 4.69) is 0 Å². The Labute approximate surface area is 107 Å². The highest BCUT2D eigenvalue weighted by Crippen LogP contribution is 2.26. The average molecular weight is 250 g/mol. The van der Waals surface area contributed by atoms with E-state index in [-0.39, 0.29) is 17.5 Å². The van der Waals surface area contributed by atoms with Crippen molar-refractivity contribution in [2.75, 3.05) is 12.3 Å². The highest BCUT2D eigenvalue weighted by molar-refractivity contribution is 5.99. The molecule has 2 N–H and O–H groups in total. The van der Waals surface area contributed by atoms with Gasteiger partial charge in [0, 0.05) is 18.3 Å². The summed E-state index contributed by atoms with van der Waals surface area (Å²) in [7, 11) is 0. The Morgan fingerprint density at radius 2 is 2.11 bits per heavy atom. The van der Waals surface area contributed by atoms with Gasteiger partial charge in [0.1, 0.15) is 5.82 Å². The van der Waals surface area contributed by atoms with Crippen molar-refractivity contribution in [1.82, 2.24) is 4.90 Å². The third-order valence-corrected chi connectivity index (χ3v) is 3.61. The van der Waals surface area contributed by atoms with Gasteiger partial charge in [-0.25, -0.2) is 4.39 Å². The fourth-order valence-corrected chi connectivity index (χ4v) is 2.65. The maximum absolute atomic E-state index is 13.2. The molecule has 1 amide bonds. The van der Waals surface area contributed by atoms with Gasteiger partial charge in [-0.05, 0) is 38.0 Å². The van der Waals surface area contributed by atoms with E-state index in [1.165, 1.54) is 18.2 Å². The Bertz CT molecular complexity index is 441. The molecular formula is C14H19FN2O. The van der Waals surface area contributed by atoms with Crippen molar-refractivity contribution < 1.29 is 9.18 Å². The smallest absolute Gasteiger partial charge is 0.256 e. The lowest BCUT2D eigenvalue weighted by Gasteiger charge is -2.28. The number of carbonyl (C=O) groups excluding carboxylic acids is 1. The number of carbonyl (C=O) groups is 1. The lowest BCUT2D eigenvalue weighted by molar-refractivity contribution is 0.0694. The lowest BCUT2D eigenvalue weighted by Crippen LogP contribution is -2.39. The molecule has 0 aromatic heterocycles. The summed E-state index contributed by atoms with van der Waals surface area (Å²) in [5, 5.41) is 0. The molecule has 0 saturated heterocycles. The number of hydrogen-bond donors (Lipinski definition) is 1. The number of rotatable bonds is 3. The number of nitrogens with zero attached hydrogens (tertiary/aromatic N) is 1. The number of nitrogens with two attached hydrogens (primary N) is 1. The maximum Gasteiger partial charge on any atom is 0.256 e. The summed E-state index contributed by atoms with van der Waals surface area (Å²) in [5.41, 5.74) is 6.39. The average Bonchev–Trinajstić information content (AvgIpc) is 2.87. The molecule has 0 bridgehead atoms. The van der Waals surface area contributed by atoms with E-state index in [1.54, 1.807) is 0 Å². The van der Waals surface area contributed by atoms with Crippen LogP contribution in [0.4, 0.5) is 10.1 Å². The first-order chi connectivity index (χ1) is 8.63. The molecule has 1 aromatic rings. The van der Waals surface area contributed by atoms with Crippen LogP contribution in [-0.4, -0.2) is 23.4 Å². The Morgan fingerprint density at radius 1 is 1.44 bits per heavy atom. The number of hydrogen-bond acceptors (Lipinski definition) is 2. The number of amides is 1. The molecule has 0 spiro atoms. The zero-order valence-corrected chi connectivity index (χ0v) is 10.7. The van der Waals surface area contributed by atoms with Crippen molar-refractivity contribution in [2.24, 2.45) is 0 Å². The van der Waals surface area contributed by atoms with Crippen molar-refractivity contribution in [3.05, 3.63) is 29.6 Å². The molecular weight excluding hydrogens is 231 g/mol. The van der Waals surface area contributed by atoms with Crippen molar-refractivity contribution in [3.8, 4) is 0 Å². The van der Waals surface area contributed by atoms with Crippen LogP contribution in [0.15, 0.2) is 18.2 Å². The van der Waals surface area contributed by atoms with Gasteiger partial charge in [0.25, 0.3) is 5.91 Å². The van der Waals surface area contributed by atoms with E-state index < -0.39 is 5.82 Å². The van der Waals surface area contributed by atoms with Gasteiger partial charge in [-0.15, -0.1) is 0 Å². The first kappa shape index (κ1) is 12.9. The highest BCUT2D eigenvalue weighted by atomic mass is 19.1. The van der Waals surface area contributed by atoms with E-state index in [4.69, 9.17) is 5.73 Å². The van der Waals surface area contributed by atoms with Crippen LogP contribution < -0.4 is 5.73 Å². The lowest BCUT2D eigenvalue weighted by atomic mass is 10.1. The molecule has 1 saturated carbocycles. The Kier molecular flexibility index (Phi) is 3.84. The third-order valence-electron chi connectivity index (χ3n) is 3.61. The summed E-state index contributed by atoms with van der Waals surface area (Å²) < 4.78 is 13.2. The van der Waals surface area contributed by atoms with Gasteiger partial charge in [0.15, 0.2) is 0 Å². The number of benzene rings is 1. The van der Waals surface area contributed by atoms with Crippen LogP contribution in [-0.2, 0) is 0 Å². The summed E-state index contributed by atoms with van der Waals surface area (Å²) in [6, 6.07) is 4.24. The summed E-state index contributed by atoms with van der Waals surface area (Å²) in [6.45, 7) is 2.59. The zero-order valence-electron chi connectivity index (χ0n) is 10.7. The SMILES string of the molecule is CCN(C(=O)c1cc(F)ccc1N)C1CCCC1. The second-order valence-electron chi connectivity index (χ2n) is 4.76. The summed E-state index contributed by atoms with van der Waals surface area (Å²) in [6.07, 6.45) is 4.39. The standard InChI is InChI=1S/C14H19FN2O/c1-2-17(11-5-3-4-6-11)14(18)12-9-10(15)7-8-13(12)16/h7-9,11H,2-6,16H2,1H3. The fourth-order valence-electron chi connectivity index (χ4n) is 2.65. The van der Waals surface area contributed by atoms with Crippen molar-refractivity contribution >= 4 is 11.6 Å². The summed E-state index contributed by atoms with van der Waals surface area (Å²) in [4.78, 5) is 14.2. The molecule has 1 aliphatic rings. The van der Waals surface area contributed by atoms with E-state index in [0.717, 1.165) is 25.7 Å². The Balaban J connectivity index is 2.25. The maximum atomic E-state index is 13.2. The molecule has 1 aliphatic carbocycles. The van der Waals surface area contributed by atoms with E-state index >= 15 is 0 Å². The minimum atomic E-state index is -0.421. The molecule has 0 radical (unpaired) electrons. The molecule has 1 fully saturated rings. The first-order valence-corrected chi connectivity index (χ1v) is 6.49. The fraction of sp³-hybridized carbons (Fsp3) is 0.500. The van der Waals surface area contributed by atoms with Gasteiger partial charge in [-0.2, -0.15) is 0 Å². The molecule has 4 heteroatoms. The van der Waals surface area contributed by atoms with Crippen LogP contribution in [0.1, 0.15) is 43.0 Å². The molecule has 0 aliphatic heterocycles. The van der Waals surface area contributed by atoms with Crippen LogP contribution in [0.25, 0.3) is 0 Å². The molecule has 1 aromatic carbocycles. The predicted molar refractivity (Wildman–Crippen MR) is 69.8 cm³/mol. The van der Waals surface area contributed by atoms with E-state index in [0.29, 0.717) is 12.2 Å². The van der Waals surface area contributed by atoms with Crippen LogP contribution in [0.2, 0.25) is 0 Å². The van der Waals surface area contributed by atoms with Crippen LogP contribution >= 0.6 is 0 Å². The molecule has 0 atom stereocenters. The first-order valence-electron chi connectivity index (χ1n) is 6.49. The summed E-state index contributed by atoms with van der Waals surface area (Å²) in [5.74, 6) is -0.573. The van der Waals surface area contributed by atoms with Crippen molar-refractivity contribution in [3.63, 3.8) is 0 Å². The van der Waals surface area contributed by atoms with E-state index in [1.807, 2.05) is 11.8 Å². The monoisotopic (exact) mass is 250 g/mol. The minimum Gasteiger partial charge on any atom is -0.398 e. The van der Waals surface area contributed by atoms with Crippen LogP contribution in [0.3, 0.4) is 0 Å². The van der Waals surface area contributed by atoms with Gasteiger partial charge in [0.2, 0.25) is 0 Å². The molecule has 3 nitrogen and oxygen atoms in total. The topological polar surface area (TPSA) is 46.3 Å². The Hall–Kier alpha value is -1.58. The largest absolute Gasteiger partial charge is 0.398 e. The van der Waals surface area contributed by atoms with Crippen molar-refractivity contribution in [1.29, 1.82) is 0 Å². The molecule has 0 unspecified atom stereocenters. The van der Waals surface area contributed by atoms with Crippen LogP contribution in [0.5, 0.6) is 0 Å². The number of nitrogen functional groups attached to an aromatic ring is 1. The third kappa shape index (κ3) is 2.47. The second kappa shape index (κ2) is 5.38. The Morgan fingerprint density at radius 3 is 2.72 bits per heavy atom. The quantitative estimate of drug-likeness (QED) is 0.838. The summed E-state index contributed by atoms with van der Waals surface area (Å²) >= 11 is 0. The highest BCUT2D eigenvalue weighted by Gasteiger charge is 2.27. The molecule has 98 valence electrons. The number of anilines is 1. The molecule has 2 rings (SSSR count). The minimum absolute atomic E-state index is 0.151. The van der Waals surface area contributed by atoms with Gasteiger partial charge in [-0.3, -0.25) is 4.79 Å². The van der Waals surface area contributed by atoms with Gasteiger partial charge in [-0.1, -0.05) is 12.8 Å². The van der Waals surface area contributed by atoms with E-state index in [9.17, 15) is 9.18 Å². The molecule has 18 heavy (non-hydrogen) atoms.